The number of hydrogen-bond donors (Lipinski definition) is 1. The summed E-state index contributed by atoms with van der Waals surface area (Å²) in [5.74, 6) is -1.32. The minimum atomic E-state index is -4.04. The highest BCUT2D eigenvalue weighted by molar-refractivity contribution is 7.92. The van der Waals surface area contributed by atoms with Crippen molar-refractivity contribution in [3.05, 3.63) is 95.7 Å². The van der Waals surface area contributed by atoms with E-state index in [0.29, 0.717) is 17.1 Å². The number of anilines is 1. The normalized spacial score (nSPS) is 11.4. The number of amides is 1. The molecule has 0 unspecified atom stereocenters. The number of aryl methyl sites for hydroxylation is 3. The van der Waals surface area contributed by atoms with E-state index in [0.717, 1.165) is 22.3 Å². The molecule has 6 nitrogen and oxygen atoms in total. The summed E-state index contributed by atoms with van der Waals surface area (Å²) in [6.07, 6.45) is 1.69. The third-order valence-electron chi connectivity index (χ3n) is 5.31. The Bertz CT molecular complexity index is 1410. The zero-order valence-electron chi connectivity index (χ0n) is 18.7. The summed E-state index contributed by atoms with van der Waals surface area (Å²) in [5.41, 5.74) is 5.54. The first-order chi connectivity index (χ1) is 15.7. The number of sulfone groups is 1. The number of nitrogens with zero attached hydrogens (tertiary/aromatic N) is 2. The van der Waals surface area contributed by atoms with Crippen molar-refractivity contribution < 1.29 is 13.2 Å². The van der Waals surface area contributed by atoms with Gasteiger partial charge in [0, 0.05) is 23.1 Å². The minimum absolute atomic E-state index is 0.166. The molecule has 0 fully saturated rings. The van der Waals surface area contributed by atoms with Crippen LogP contribution in [0.25, 0.3) is 16.9 Å². The monoisotopic (exact) mass is 459 g/mol. The number of rotatable bonds is 6. The van der Waals surface area contributed by atoms with E-state index in [1.807, 2.05) is 87.5 Å². The zero-order valence-corrected chi connectivity index (χ0v) is 19.6. The van der Waals surface area contributed by atoms with Crippen LogP contribution in [0.3, 0.4) is 0 Å². The van der Waals surface area contributed by atoms with Crippen LogP contribution in [-0.4, -0.2) is 29.6 Å². The number of nitrogens with one attached hydrogen (secondary N) is 1. The van der Waals surface area contributed by atoms with Crippen LogP contribution in [-0.2, 0) is 14.6 Å². The molecule has 33 heavy (non-hydrogen) atoms. The van der Waals surface area contributed by atoms with Gasteiger partial charge in [-0.1, -0.05) is 65.7 Å². The second-order valence-corrected chi connectivity index (χ2v) is 9.99. The van der Waals surface area contributed by atoms with Crippen LogP contribution in [0.1, 0.15) is 16.7 Å². The van der Waals surface area contributed by atoms with Crippen LogP contribution >= 0.6 is 0 Å². The second-order valence-electron chi connectivity index (χ2n) is 8.11. The van der Waals surface area contributed by atoms with E-state index >= 15 is 0 Å². The lowest BCUT2D eigenvalue weighted by Crippen LogP contribution is -2.25. The average molecular weight is 460 g/mol. The molecule has 1 aromatic heterocycles. The van der Waals surface area contributed by atoms with Crippen molar-refractivity contribution in [2.45, 2.75) is 25.9 Å². The summed E-state index contributed by atoms with van der Waals surface area (Å²) in [4.78, 5) is 17.1. The quantitative estimate of drug-likeness (QED) is 0.446. The molecule has 0 aliphatic carbocycles. The molecule has 0 bridgehead atoms. The van der Waals surface area contributed by atoms with Crippen LogP contribution < -0.4 is 5.32 Å². The van der Waals surface area contributed by atoms with Gasteiger partial charge in [0.15, 0.2) is 0 Å². The van der Waals surface area contributed by atoms with E-state index in [-0.39, 0.29) is 5.16 Å². The standard InChI is InChI=1S/C26H25N3O3S/c1-18-9-12-22(13-10-18)29-16-24(21-7-5-4-6-8-21)28-26(29)33(31,32)17-25(30)27-23-14-11-19(2)15-20(23)3/h4-16H,17H2,1-3H3,(H,27,30). The fraction of sp³-hybridized carbons (Fsp3) is 0.154. The number of aromatic nitrogens is 2. The highest BCUT2D eigenvalue weighted by atomic mass is 32.2. The van der Waals surface area contributed by atoms with Gasteiger partial charge in [0.05, 0.1) is 5.69 Å². The lowest BCUT2D eigenvalue weighted by Gasteiger charge is -2.11. The van der Waals surface area contributed by atoms with Crippen molar-refractivity contribution >= 4 is 21.4 Å². The molecule has 0 radical (unpaired) electrons. The number of imidazole rings is 1. The number of carbonyl (C=O) groups excluding carboxylic acids is 1. The molecule has 168 valence electrons. The van der Waals surface area contributed by atoms with Gasteiger partial charge in [0.1, 0.15) is 5.75 Å². The molecule has 0 aliphatic rings. The summed E-state index contributed by atoms with van der Waals surface area (Å²) in [6, 6.07) is 22.4. The first kappa shape index (κ1) is 22.5. The maximum atomic E-state index is 13.3. The molecule has 3 aromatic carbocycles. The summed E-state index contributed by atoms with van der Waals surface area (Å²) in [7, 11) is -4.04. The molecular weight excluding hydrogens is 434 g/mol. The minimum Gasteiger partial charge on any atom is -0.325 e. The Balaban J connectivity index is 1.70. The Labute approximate surface area is 193 Å². The molecule has 1 heterocycles. The topological polar surface area (TPSA) is 81.1 Å². The average Bonchev–Trinajstić information content (AvgIpc) is 3.23. The molecule has 0 saturated carbocycles. The fourth-order valence-electron chi connectivity index (χ4n) is 3.60. The van der Waals surface area contributed by atoms with Crippen LogP contribution in [0.2, 0.25) is 0 Å². The van der Waals surface area contributed by atoms with Crippen molar-refractivity contribution in [3.63, 3.8) is 0 Å². The van der Waals surface area contributed by atoms with E-state index < -0.39 is 21.5 Å². The Morgan fingerprint density at radius 2 is 1.58 bits per heavy atom. The third kappa shape index (κ3) is 5.04. The fourth-order valence-corrected chi connectivity index (χ4v) is 4.84. The molecule has 4 rings (SSSR count). The highest BCUT2D eigenvalue weighted by Gasteiger charge is 2.27. The van der Waals surface area contributed by atoms with E-state index in [2.05, 4.69) is 10.3 Å². The second kappa shape index (κ2) is 9.03. The van der Waals surface area contributed by atoms with Gasteiger partial charge in [-0.25, -0.2) is 13.4 Å². The molecule has 0 spiro atoms. The van der Waals surface area contributed by atoms with E-state index in [1.54, 1.807) is 12.3 Å². The van der Waals surface area contributed by atoms with E-state index in [9.17, 15) is 13.2 Å². The predicted molar refractivity (Wildman–Crippen MR) is 130 cm³/mol. The van der Waals surface area contributed by atoms with Crippen LogP contribution in [0.4, 0.5) is 5.69 Å². The third-order valence-corrected chi connectivity index (χ3v) is 6.80. The van der Waals surface area contributed by atoms with Gasteiger partial charge < -0.3 is 5.32 Å². The van der Waals surface area contributed by atoms with Crippen molar-refractivity contribution in [1.29, 1.82) is 0 Å². The van der Waals surface area contributed by atoms with Gasteiger partial charge in [-0.3, -0.25) is 9.36 Å². The van der Waals surface area contributed by atoms with Gasteiger partial charge in [-0.05, 0) is 44.5 Å². The van der Waals surface area contributed by atoms with Crippen molar-refractivity contribution in [2.24, 2.45) is 0 Å². The van der Waals surface area contributed by atoms with Crippen LogP contribution in [0.15, 0.2) is 84.1 Å². The van der Waals surface area contributed by atoms with Crippen molar-refractivity contribution in [1.82, 2.24) is 9.55 Å². The van der Waals surface area contributed by atoms with E-state index in [1.165, 1.54) is 4.57 Å². The predicted octanol–water partition coefficient (Wildman–Crippen LogP) is 4.88. The van der Waals surface area contributed by atoms with Crippen LogP contribution in [0, 0.1) is 20.8 Å². The molecular formula is C26H25N3O3S. The van der Waals surface area contributed by atoms with Gasteiger partial charge >= 0.3 is 0 Å². The molecule has 0 aliphatic heterocycles. The van der Waals surface area contributed by atoms with Crippen molar-refractivity contribution in [3.8, 4) is 16.9 Å². The molecule has 0 atom stereocenters. The molecule has 0 saturated heterocycles. The summed E-state index contributed by atoms with van der Waals surface area (Å²) >= 11 is 0. The Hall–Kier alpha value is -3.71. The lowest BCUT2D eigenvalue weighted by atomic mass is 10.1. The van der Waals surface area contributed by atoms with Gasteiger partial charge in [0.2, 0.25) is 20.9 Å². The molecule has 1 amide bonds. The SMILES string of the molecule is Cc1ccc(-n2cc(-c3ccccc3)nc2S(=O)(=O)CC(=O)Nc2ccc(C)cc2C)cc1. The largest absolute Gasteiger partial charge is 0.325 e. The summed E-state index contributed by atoms with van der Waals surface area (Å²) < 4.78 is 28.2. The van der Waals surface area contributed by atoms with Gasteiger partial charge in [-0.15, -0.1) is 0 Å². The Morgan fingerprint density at radius 3 is 2.24 bits per heavy atom. The lowest BCUT2D eigenvalue weighted by molar-refractivity contribution is -0.113. The zero-order chi connectivity index (χ0) is 23.6. The number of hydrogen-bond acceptors (Lipinski definition) is 4. The van der Waals surface area contributed by atoms with Crippen molar-refractivity contribution in [2.75, 3.05) is 11.1 Å². The Kier molecular flexibility index (Phi) is 6.16. The number of carbonyl (C=O) groups is 1. The first-order valence-corrected chi connectivity index (χ1v) is 12.2. The van der Waals surface area contributed by atoms with Gasteiger partial charge in [0.25, 0.3) is 0 Å². The first-order valence-electron chi connectivity index (χ1n) is 10.5. The Morgan fingerprint density at radius 1 is 0.909 bits per heavy atom. The van der Waals surface area contributed by atoms with Gasteiger partial charge in [-0.2, -0.15) is 0 Å². The summed E-state index contributed by atoms with van der Waals surface area (Å²) in [6.45, 7) is 5.79. The maximum absolute atomic E-state index is 13.3. The molecule has 7 heteroatoms. The number of benzene rings is 3. The maximum Gasteiger partial charge on any atom is 0.240 e. The molecule has 1 N–H and O–H groups in total. The van der Waals surface area contributed by atoms with E-state index in [4.69, 9.17) is 0 Å². The highest BCUT2D eigenvalue weighted by Crippen LogP contribution is 2.25. The summed E-state index contributed by atoms with van der Waals surface area (Å²) in [5, 5.41) is 2.55. The van der Waals surface area contributed by atoms with Crippen LogP contribution in [0.5, 0.6) is 0 Å². The molecule has 4 aromatic rings. The smallest absolute Gasteiger partial charge is 0.240 e.